The highest BCUT2D eigenvalue weighted by Crippen LogP contribution is 2.31. The molecule has 0 aliphatic rings. The smallest absolute Gasteiger partial charge is 0.246 e. The lowest BCUT2D eigenvalue weighted by Crippen LogP contribution is -2.26. The Labute approximate surface area is 145 Å². The molecule has 0 N–H and O–H groups in total. The molecular formula is C13H13Br2NO3S2. The molecule has 0 atom stereocenters. The molecule has 4 nitrogen and oxygen atoms in total. The minimum Gasteiger partial charge on any atom is -0.495 e. The van der Waals surface area contributed by atoms with Crippen molar-refractivity contribution in [2.45, 2.75) is 11.4 Å². The molecule has 0 aliphatic carbocycles. The van der Waals surface area contributed by atoms with Crippen molar-refractivity contribution in [3.05, 3.63) is 43.5 Å². The Morgan fingerprint density at radius 3 is 2.52 bits per heavy atom. The number of hydrogen-bond donors (Lipinski definition) is 0. The fraction of sp³-hybridized carbons (Fsp3) is 0.231. The molecule has 1 aromatic heterocycles. The molecule has 0 fully saturated rings. The van der Waals surface area contributed by atoms with Crippen molar-refractivity contribution in [1.82, 2.24) is 4.31 Å². The van der Waals surface area contributed by atoms with Crippen LogP contribution in [0, 0.1) is 0 Å². The number of thiophene rings is 1. The second-order valence-electron chi connectivity index (χ2n) is 4.26. The summed E-state index contributed by atoms with van der Waals surface area (Å²) in [5.41, 5.74) is 0. The fourth-order valence-corrected chi connectivity index (χ4v) is 5.22. The summed E-state index contributed by atoms with van der Waals surface area (Å²) < 4.78 is 33.5. The predicted molar refractivity (Wildman–Crippen MR) is 91.4 cm³/mol. The molecule has 0 unspecified atom stereocenters. The lowest BCUT2D eigenvalue weighted by molar-refractivity contribution is 0.397. The standard InChI is InChI=1S/C13H13Br2NO3S2/c1-16(8-10-4-6-13(15)20-10)21(17,18)12-7-9(14)3-5-11(12)19-2/h3-7H,8H2,1-2H3. The highest BCUT2D eigenvalue weighted by Gasteiger charge is 2.25. The Kier molecular flexibility index (Phi) is 5.48. The largest absolute Gasteiger partial charge is 0.495 e. The van der Waals surface area contributed by atoms with E-state index in [2.05, 4.69) is 31.9 Å². The number of hydrogen-bond acceptors (Lipinski definition) is 4. The summed E-state index contributed by atoms with van der Waals surface area (Å²) in [5.74, 6) is 0.331. The zero-order chi connectivity index (χ0) is 15.6. The summed E-state index contributed by atoms with van der Waals surface area (Å²) in [5, 5.41) is 0. The third kappa shape index (κ3) is 3.87. The third-order valence-corrected chi connectivity index (χ3v) is 6.75. The molecule has 0 bridgehead atoms. The molecule has 21 heavy (non-hydrogen) atoms. The Morgan fingerprint density at radius 1 is 1.24 bits per heavy atom. The predicted octanol–water partition coefficient (Wildman–Crippen LogP) is 4.10. The molecule has 0 saturated heterocycles. The van der Waals surface area contributed by atoms with E-state index in [4.69, 9.17) is 4.74 Å². The molecule has 0 radical (unpaired) electrons. The van der Waals surface area contributed by atoms with Crippen molar-refractivity contribution in [3.8, 4) is 5.75 Å². The van der Waals surface area contributed by atoms with Gasteiger partial charge in [-0.3, -0.25) is 0 Å². The number of rotatable bonds is 5. The molecule has 1 heterocycles. The maximum absolute atomic E-state index is 12.7. The molecule has 0 aliphatic heterocycles. The van der Waals surface area contributed by atoms with Crippen LogP contribution in [0.5, 0.6) is 5.75 Å². The van der Waals surface area contributed by atoms with Crippen molar-refractivity contribution in [1.29, 1.82) is 0 Å². The SMILES string of the molecule is COc1ccc(Br)cc1S(=O)(=O)N(C)Cc1ccc(Br)s1. The molecule has 2 aromatic rings. The van der Waals surface area contributed by atoms with Gasteiger partial charge >= 0.3 is 0 Å². The molecule has 114 valence electrons. The van der Waals surface area contributed by atoms with Crippen LogP contribution in [0.1, 0.15) is 4.88 Å². The van der Waals surface area contributed by atoms with E-state index < -0.39 is 10.0 Å². The maximum Gasteiger partial charge on any atom is 0.246 e. The van der Waals surface area contributed by atoms with Crippen molar-refractivity contribution < 1.29 is 13.2 Å². The van der Waals surface area contributed by atoms with Gasteiger partial charge in [-0.05, 0) is 46.3 Å². The van der Waals surface area contributed by atoms with Crippen LogP contribution < -0.4 is 4.74 Å². The van der Waals surface area contributed by atoms with Crippen LogP contribution in [0.15, 0.2) is 43.5 Å². The minimum atomic E-state index is -3.62. The van der Waals surface area contributed by atoms with E-state index in [1.54, 1.807) is 25.2 Å². The number of methoxy groups -OCH3 is 1. The van der Waals surface area contributed by atoms with Gasteiger partial charge in [0.1, 0.15) is 10.6 Å². The number of ether oxygens (including phenoxy) is 1. The summed E-state index contributed by atoms with van der Waals surface area (Å²) in [6.45, 7) is 0.314. The average molecular weight is 455 g/mol. The van der Waals surface area contributed by atoms with E-state index in [-0.39, 0.29) is 4.90 Å². The summed E-state index contributed by atoms with van der Waals surface area (Å²) >= 11 is 8.18. The van der Waals surface area contributed by atoms with Gasteiger partial charge in [-0.25, -0.2) is 8.42 Å². The van der Waals surface area contributed by atoms with Crippen molar-refractivity contribution in [2.24, 2.45) is 0 Å². The summed E-state index contributed by atoms with van der Waals surface area (Å²) in [7, 11) is -0.608. The molecule has 0 amide bonds. The average Bonchev–Trinajstić information content (AvgIpc) is 2.84. The summed E-state index contributed by atoms with van der Waals surface area (Å²) in [6.07, 6.45) is 0. The van der Waals surface area contributed by atoms with Gasteiger partial charge in [-0.15, -0.1) is 11.3 Å². The topological polar surface area (TPSA) is 46.6 Å². The molecule has 2 rings (SSSR count). The monoisotopic (exact) mass is 453 g/mol. The van der Waals surface area contributed by atoms with Gasteiger partial charge in [0.05, 0.1) is 10.9 Å². The van der Waals surface area contributed by atoms with Gasteiger partial charge in [-0.1, -0.05) is 15.9 Å². The number of benzene rings is 1. The summed E-state index contributed by atoms with van der Waals surface area (Å²) in [4.78, 5) is 1.11. The van der Waals surface area contributed by atoms with E-state index in [1.165, 1.54) is 22.8 Å². The third-order valence-electron chi connectivity index (χ3n) is 2.82. The normalized spacial score (nSPS) is 11.9. The minimum absolute atomic E-state index is 0.150. The zero-order valence-electron chi connectivity index (χ0n) is 11.3. The molecule has 1 aromatic carbocycles. The highest BCUT2D eigenvalue weighted by molar-refractivity contribution is 9.11. The van der Waals surface area contributed by atoms with E-state index in [0.717, 1.165) is 8.66 Å². The first-order valence-corrected chi connectivity index (χ1v) is 9.73. The quantitative estimate of drug-likeness (QED) is 0.683. The highest BCUT2D eigenvalue weighted by atomic mass is 79.9. The van der Waals surface area contributed by atoms with E-state index in [1.807, 2.05) is 12.1 Å². The zero-order valence-corrected chi connectivity index (χ0v) is 16.1. The Balaban J connectivity index is 2.35. The van der Waals surface area contributed by atoms with E-state index in [9.17, 15) is 8.42 Å². The maximum atomic E-state index is 12.7. The van der Waals surface area contributed by atoms with Crippen molar-refractivity contribution in [2.75, 3.05) is 14.2 Å². The van der Waals surface area contributed by atoms with Crippen molar-refractivity contribution in [3.63, 3.8) is 0 Å². The number of halogens is 2. The number of nitrogens with zero attached hydrogens (tertiary/aromatic N) is 1. The van der Waals surface area contributed by atoms with Gasteiger partial charge in [0.2, 0.25) is 10.0 Å². The Hall–Kier alpha value is -0.410. The summed E-state index contributed by atoms with van der Waals surface area (Å²) in [6, 6.07) is 8.73. The number of sulfonamides is 1. The lowest BCUT2D eigenvalue weighted by atomic mass is 10.3. The first-order valence-electron chi connectivity index (χ1n) is 5.88. The van der Waals surface area contributed by atoms with Crippen LogP contribution >= 0.6 is 43.2 Å². The lowest BCUT2D eigenvalue weighted by Gasteiger charge is -2.18. The Bertz CT molecular complexity index is 744. The van der Waals surface area contributed by atoms with E-state index >= 15 is 0 Å². The van der Waals surface area contributed by atoms with Gasteiger partial charge in [-0.2, -0.15) is 4.31 Å². The Morgan fingerprint density at radius 2 is 1.95 bits per heavy atom. The van der Waals surface area contributed by atoms with Crippen LogP contribution in [-0.4, -0.2) is 26.9 Å². The first-order chi connectivity index (χ1) is 9.84. The second-order valence-corrected chi connectivity index (χ2v) is 9.74. The molecule has 8 heteroatoms. The van der Waals surface area contributed by atoms with Gasteiger partial charge < -0.3 is 4.74 Å². The van der Waals surface area contributed by atoms with Crippen LogP contribution in [0.25, 0.3) is 0 Å². The van der Waals surface area contributed by atoms with Crippen molar-refractivity contribution >= 4 is 53.2 Å². The van der Waals surface area contributed by atoms with Crippen LogP contribution in [0.4, 0.5) is 0 Å². The van der Waals surface area contributed by atoms with Crippen LogP contribution in [0.3, 0.4) is 0 Å². The fourth-order valence-electron chi connectivity index (χ4n) is 1.76. The van der Waals surface area contributed by atoms with Gasteiger partial charge in [0, 0.05) is 22.9 Å². The first kappa shape index (κ1) is 17.0. The van der Waals surface area contributed by atoms with Crippen LogP contribution in [-0.2, 0) is 16.6 Å². The second kappa shape index (κ2) is 6.78. The molecule has 0 saturated carbocycles. The van der Waals surface area contributed by atoms with Gasteiger partial charge in [0.15, 0.2) is 0 Å². The van der Waals surface area contributed by atoms with Gasteiger partial charge in [0.25, 0.3) is 0 Å². The molecular weight excluding hydrogens is 442 g/mol. The molecule has 0 spiro atoms. The van der Waals surface area contributed by atoms with E-state index in [0.29, 0.717) is 16.8 Å². The van der Waals surface area contributed by atoms with Crippen LogP contribution in [0.2, 0.25) is 0 Å².